The summed E-state index contributed by atoms with van der Waals surface area (Å²) in [5.74, 6) is -3.31. The van der Waals surface area contributed by atoms with E-state index in [0.29, 0.717) is 17.5 Å². The van der Waals surface area contributed by atoms with Gasteiger partial charge >= 0.3 is 24.0 Å². The molecule has 1 unspecified atom stereocenters. The number of pyridine rings is 1. The standard InChI is InChI=1S/C36H36F7N5O6/c1-21-5-2-8-26(45-21)27(44-14-4-9-30(49)50)19-48-32(51)31-28(47(33(48)52)18-23-24(35(38,39)40)6-3-7-25(23)37)20-53-34(31)12-15-46(16-13-34)17-22-10-11-29(54-22)36(41,42)43/h2-3,5-8,10-11,27,44H,4,9,12-20H2,1H3,(H,49,50). The molecule has 0 bridgehead atoms. The van der Waals surface area contributed by atoms with Crippen molar-refractivity contribution in [2.45, 2.75) is 82.8 Å². The molecule has 4 aromatic rings. The van der Waals surface area contributed by atoms with Gasteiger partial charge in [0.05, 0.1) is 54.8 Å². The van der Waals surface area contributed by atoms with Crippen LogP contribution in [0.1, 0.15) is 77.0 Å². The number of ether oxygens (including phenoxy) is 1. The zero-order chi connectivity index (χ0) is 39.0. The van der Waals surface area contributed by atoms with Crippen LogP contribution in [0.15, 0.2) is 62.5 Å². The Kier molecular flexibility index (Phi) is 10.9. The van der Waals surface area contributed by atoms with Gasteiger partial charge in [-0.1, -0.05) is 12.1 Å². The Labute approximate surface area is 303 Å². The van der Waals surface area contributed by atoms with Crippen molar-refractivity contribution in [1.82, 2.24) is 24.3 Å². The minimum atomic E-state index is -4.97. The maximum atomic E-state index is 15.2. The Morgan fingerprint density at radius 2 is 1.70 bits per heavy atom. The summed E-state index contributed by atoms with van der Waals surface area (Å²) in [5, 5.41) is 12.3. The van der Waals surface area contributed by atoms with E-state index >= 15 is 4.39 Å². The van der Waals surface area contributed by atoms with Crippen LogP contribution in [0.5, 0.6) is 0 Å². The number of aromatic nitrogens is 3. The van der Waals surface area contributed by atoms with E-state index < -0.39 is 70.5 Å². The number of piperidine rings is 1. The summed E-state index contributed by atoms with van der Waals surface area (Å²) < 4.78 is 110. The van der Waals surface area contributed by atoms with Crippen LogP contribution in [-0.2, 0) is 53.7 Å². The van der Waals surface area contributed by atoms with Gasteiger partial charge in [-0.05, 0) is 69.1 Å². The number of halogens is 7. The quantitative estimate of drug-likeness (QED) is 0.137. The maximum absolute atomic E-state index is 15.2. The lowest BCUT2D eigenvalue weighted by molar-refractivity contribution is -0.153. The van der Waals surface area contributed by atoms with Gasteiger partial charge in [-0.25, -0.2) is 9.18 Å². The molecule has 1 fully saturated rings. The summed E-state index contributed by atoms with van der Waals surface area (Å²) in [6, 6.07) is 8.73. The molecule has 1 atom stereocenters. The number of carbonyl (C=O) groups is 1. The van der Waals surface area contributed by atoms with Crippen molar-refractivity contribution in [1.29, 1.82) is 0 Å². The number of likely N-dealkylation sites (tertiary alicyclic amines) is 1. The van der Waals surface area contributed by atoms with E-state index in [4.69, 9.17) is 14.3 Å². The normalized spacial score (nSPS) is 16.5. The number of nitrogens with one attached hydrogen (secondary N) is 1. The Bertz CT molecular complexity index is 2130. The molecule has 5 heterocycles. The molecule has 11 nitrogen and oxygen atoms in total. The maximum Gasteiger partial charge on any atom is 0.449 e. The Morgan fingerprint density at radius 3 is 2.35 bits per heavy atom. The van der Waals surface area contributed by atoms with Crippen molar-refractivity contribution in [3.05, 3.63) is 120 Å². The van der Waals surface area contributed by atoms with Crippen LogP contribution in [-0.4, -0.2) is 49.7 Å². The number of alkyl halides is 6. The predicted molar refractivity (Wildman–Crippen MR) is 177 cm³/mol. The predicted octanol–water partition coefficient (Wildman–Crippen LogP) is 5.75. The van der Waals surface area contributed by atoms with Crippen molar-refractivity contribution < 1.29 is 49.8 Å². The van der Waals surface area contributed by atoms with Crippen LogP contribution in [0.25, 0.3) is 0 Å². The fourth-order valence-electron chi connectivity index (χ4n) is 7.12. The van der Waals surface area contributed by atoms with E-state index in [0.717, 1.165) is 27.3 Å². The second-order valence-corrected chi connectivity index (χ2v) is 13.4. The molecular formula is C36H36F7N5O6. The largest absolute Gasteiger partial charge is 0.481 e. The van der Waals surface area contributed by atoms with Crippen molar-refractivity contribution in [2.75, 3.05) is 19.6 Å². The van der Waals surface area contributed by atoms with E-state index in [1.165, 1.54) is 6.07 Å². The Balaban J connectivity index is 1.41. The smallest absolute Gasteiger partial charge is 0.449 e. The molecule has 1 saturated heterocycles. The summed E-state index contributed by atoms with van der Waals surface area (Å²) in [6.07, 6.45) is -9.35. The summed E-state index contributed by atoms with van der Waals surface area (Å²) in [5.41, 5.74) is -4.20. The fraction of sp³-hybridized carbons (Fsp3) is 0.444. The molecule has 2 aliphatic rings. The van der Waals surface area contributed by atoms with Gasteiger partial charge < -0.3 is 19.6 Å². The third-order valence-corrected chi connectivity index (χ3v) is 9.79. The van der Waals surface area contributed by atoms with Gasteiger partial charge in [-0.2, -0.15) is 26.3 Å². The highest BCUT2D eigenvalue weighted by atomic mass is 19.4. The monoisotopic (exact) mass is 767 g/mol. The molecule has 0 radical (unpaired) electrons. The minimum Gasteiger partial charge on any atom is -0.481 e. The minimum absolute atomic E-state index is 0.00780. The highest BCUT2D eigenvalue weighted by Crippen LogP contribution is 2.43. The molecule has 2 aliphatic heterocycles. The average molecular weight is 768 g/mol. The van der Waals surface area contributed by atoms with Crippen LogP contribution >= 0.6 is 0 Å². The molecule has 290 valence electrons. The zero-order valence-corrected chi connectivity index (χ0v) is 28.9. The van der Waals surface area contributed by atoms with E-state index in [-0.39, 0.29) is 82.0 Å². The number of hydrogen-bond acceptors (Lipinski definition) is 8. The third-order valence-electron chi connectivity index (χ3n) is 9.79. The number of hydrogen-bond donors (Lipinski definition) is 2. The van der Waals surface area contributed by atoms with Crippen molar-refractivity contribution in [3.8, 4) is 0 Å². The molecule has 3 aromatic heterocycles. The third kappa shape index (κ3) is 8.14. The molecule has 1 aromatic carbocycles. The van der Waals surface area contributed by atoms with Crippen molar-refractivity contribution in [3.63, 3.8) is 0 Å². The topological polar surface area (TPSA) is 132 Å². The van der Waals surface area contributed by atoms with E-state index in [9.17, 15) is 40.7 Å². The first-order valence-corrected chi connectivity index (χ1v) is 17.1. The van der Waals surface area contributed by atoms with Gasteiger partial charge in [0.15, 0.2) is 0 Å². The van der Waals surface area contributed by atoms with Crippen LogP contribution in [0.3, 0.4) is 0 Å². The van der Waals surface area contributed by atoms with Crippen LogP contribution in [0, 0.1) is 12.7 Å². The van der Waals surface area contributed by atoms with E-state index in [1.807, 2.05) is 0 Å². The number of carboxylic acids is 1. The molecule has 6 rings (SSSR count). The summed E-state index contributed by atoms with van der Waals surface area (Å²) in [6.45, 7) is 0.719. The van der Waals surface area contributed by atoms with Crippen LogP contribution in [0.2, 0.25) is 0 Å². The van der Waals surface area contributed by atoms with Gasteiger partial charge in [-0.15, -0.1) is 0 Å². The van der Waals surface area contributed by atoms with Crippen LogP contribution in [0.4, 0.5) is 30.7 Å². The first-order chi connectivity index (χ1) is 25.5. The number of furan rings is 1. The summed E-state index contributed by atoms with van der Waals surface area (Å²) in [4.78, 5) is 46.3. The van der Waals surface area contributed by atoms with Crippen molar-refractivity contribution in [2.24, 2.45) is 0 Å². The first kappa shape index (κ1) is 38.9. The lowest BCUT2D eigenvalue weighted by Crippen LogP contribution is -2.50. The number of aryl methyl sites for hydroxylation is 1. The number of rotatable bonds is 12. The molecular weight excluding hydrogens is 731 g/mol. The Hall–Kier alpha value is -4.81. The molecule has 18 heteroatoms. The number of aliphatic carboxylic acids is 1. The average Bonchev–Trinajstić information content (AvgIpc) is 3.72. The first-order valence-electron chi connectivity index (χ1n) is 17.1. The van der Waals surface area contributed by atoms with Gasteiger partial charge in [0.2, 0.25) is 5.76 Å². The van der Waals surface area contributed by atoms with Crippen molar-refractivity contribution >= 4 is 5.97 Å². The second kappa shape index (κ2) is 15.1. The highest BCUT2D eigenvalue weighted by Gasteiger charge is 2.47. The molecule has 0 saturated carbocycles. The molecule has 1 spiro atoms. The van der Waals surface area contributed by atoms with Gasteiger partial charge in [0, 0.05) is 30.8 Å². The molecule has 0 amide bonds. The SMILES string of the molecule is Cc1cccc(C(Cn2c(=O)c3c(n(Cc4c(F)cccc4C(F)(F)F)c2=O)COC32CCN(Cc3ccc(C(F)(F)F)o3)CC2)NCCCC(=O)O)n1. The number of fused-ring (bicyclic) bond motifs is 2. The molecule has 54 heavy (non-hydrogen) atoms. The molecule has 2 N–H and O–H groups in total. The second-order valence-electron chi connectivity index (χ2n) is 13.4. The lowest BCUT2D eigenvalue weighted by atomic mass is 9.85. The number of benzene rings is 1. The summed E-state index contributed by atoms with van der Waals surface area (Å²) in [7, 11) is 0. The van der Waals surface area contributed by atoms with Gasteiger partial charge in [-0.3, -0.25) is 28.6 Å². The van der Waals surface area contributed by atoms with E-state index in [1.54, 1.807) is 30.0 Å². The van der Waals surface area contributed by atoms with Crippen LogP contribution < -0.4 is 16.6 Å². The summed E-state index contributed by atoms with van der Waals surface area (Å²) >= 11 is 0. The zero-order valence-electron chi connectivity index (χ0n) is 28.9. The number of nitrogens with zero attached hydrogens (tertiary/aromatic N) is 4. The fourth-order valence-corrected chi connectivity index (χ4v) is 7.12. The number of carboxylic acid groups (broad SMARTS) is 1. The van der Waals surface area contributed by atoms with E-state index in [2.05, 4.69) is 10.3 Å². The lowest BCUT2D eigenvalue weighted by Gasteiger charge is -2.38. The Morgan fingerprint density at radius 1 is 0.981 bits per heavy atom. The van der Waals surface area contributed by atoms with Gasteiger partial charge in [0.25, 0.3) is 5.56 Å². The van der Waals surface area contributed by atoms with Gasteiger partial charge in [0.1, 0.15) is 17.2 Å². The molecule has 0 aliphatic carbocycles. The highest BCUT2D eigenvalue weighted by molar-refractivity contribution is 5.66.